The molecule has 3 aromatic carbocycles. The first kappa shape index (κ1) is 20.2. The van der Waals surface area contributed by atoms with Gasteiger partial charge in [0, 0.05) is 17.5 Å². The molecule has 5 nitrogen and oxygen atoms in total. The van der Waals surface area contributed by atoms with Gasteiger partial charge >= 0.3 is 0 Å². The lowest BCUT2D eigenvalue weighted by molar-refractivity contribution is -0.111. The molecule has 1 amide bonds. The molecule has 0 saturated heterocycles. The SMILES string of the molecule is O=C(C=Cc1ccc(F)cc1)Nc1ccc(S(=O)(=O)Nc2ccc(F)cc2)cc1. The Morgan fingerprint density at radius 1 is 0.759 bits per heavy atom. The molecule has 0 saturated carbocycles. The molecule has 148 valence electrons. The van der Waals surface area contributed by atoms with Gasteiger partial charge in [-0.2, -0.15) is 0 Å². The number of nitrogens with one attached hydrogen (secondary N) is 2. The average molecular weight is 414 g/mol. The molecule has 0 aromatic heterocycles. The molecule has 0 bridgehead atoms. The van der Waals surface area contributed by atoms with E-state index >= 15 is 0 Å². The quantitative estimate of drug-likeness (QED) is 0.587. The van der Waals surface area contributed by atoms with Gasteiger partial charge in [-0.05, 0) is 72.3 Å². The van der Waals surface area contributed by atoms with Gasteiger partial charge in [0.25, 0.3) is 10.0 Å². The van der Waals surface area contributed by atoms with Gasteiger partial charge in [0.05, 0.1) is 4.90 Å². The molecule has 0 atom stereocenters. The molecule has 0 spiro atoms. The number of hydrogen-bond donors (Lipinski definition) is 2. The molecule has 0 fully saturated rings. The number of halogens is 2. The average Bonchev–Trinajstić information content (AvgIpc) is 2.70. The van der Waals surface area contributed by atoms with E-state index in [1.165, 1.54) is 72.8 Å². The Kier molecular flexibility index (Phi) is 6.04. The zero-order valence-electron chi connectivity index (χ0n) is 15.0. The Labute approximate surface area is 166 Å². The van der Waals surface area contributed by atoms with E-state index in [0.29, 0.717) is 11.3 Å². The second-order valence-corrected chi connectivity index (χ2v) is 7.69. The Morgan fingerprint density at radius 2 is 1.28 bits per heavy atom. The summed E-state index contributed by atoms with van der Waals surface area (Å²) in [6.07, 6.45) is 2.81. The summed E-state index contributed by atoms with van der Waals surface area (Å²) in [6, 6.07) is 16.1. The molecular formula is C21H16F2N2O3S. The van der Waals surface area contributed by atoms with Crippen molar-refractivity contribution < 1.29 is 22.0 Å². The number of carbonyl (C=O) groups is 1. The van der Waals surface area contributed by atoms with Crippen molar-refractivity contribution >= 4 is 33.4 Å². The summed E-state index contributed by atoms with van der Waals surface area (Å²) in [6.45, 7) is 0. The van der Waals surface area contributed by atoms with Crippen molar-refractivity contribution in [2.75, 3.05) is 10.0 Å². The lowest BCUT2D eigenvalue weighted by Crippen LogP contribution is -2.13. The second-order valence-electron chi connectivity index (χ2n) is 6.01. The number of benzene rings is 3. The molecular weight excluding hydrogens is 398 g/mol. The van der Waals surface area contributed by atoms with E-state index in [1.54, 1.807) is 0 Å². The van der Waals surface area contributed by atoms with Crippen molar-refractivity contribution in [1.82, 2.24) is 0 Å². The molecule has 0 aliphatic rings. The largest absolute Gasteiger partial charge is 0.323 e. The molecule has 8 heteroatoms. The number of sulfonamides is 1. The molecule has 0 aliphatic carbocycles. The van der Waals surface area contributed by atoms with Crippen LogP contribution >= 0.6 is 0 Å². The highest BCUT2D eigenvalue weighted by Gasteiger charge is 2.14. The fourth-order valence-corrected chi connectivity index (χ4v) is 3.44. The summed E-state index contributed by atoms with van der Waals surface area (Å²) in [5.41, 5.74) is 1.30. The first-order valence-electron chi connectivity index (χ1n) is 8.45. The Hall–Kier alpha value is -3.52. The summed E-state index contributed by atoms with van der Waals surface area (Å²) in [5, 5.41) is 2.60. The first-order valence-corrected chi connectivity index (χ1v) is 9.93. The summed E-state index contributed by atoms with van der Waals surface area (Å²) in [5.74, 6) is -1.26. The standard InChI is InChI=1S/C21H16F2N2O3S/c22-16-4-1-15(2-5-16)3-14-21(26)24-18-10-12-20(13-11-18)29(27,28)25-19-8-6-17(23)7-9-19/h1-14,25H,(H,24,26). The maximum absolute atomic E-state index is 12.9. The highest BCUT2D eigenvalue weighted by atomic mass is 32.2. The fraction of sp³-hybridized carbons (Fsp3) is 0. The van der Waals surface area contributed by atoms with E-state index in [0.717, 1.165) is 12.1 Å². The summed E-state index contributed by atoms with van der Waals surface area (Å²) < 4.78 is 52.9. The molecule has 0 aliphatic heterocycles. The van der Waals surface area contributed by atoms with Crippen molar-refractivity contribution in [2.45, 2.75) is 4.90 Å². The number of amides is 1. The second kappa shape index (κ2) is 8.66. The maximum atomic E-state index is 12.9. The molecule has 0 radical (unpaired) electrons. The smallest absolute Gasteiger partial charge is 0.261 e. The first-order chi connectivity index (χ1) is 13.8. The molecule has 3 aromatic rings. The number of hydrogen-bond acceptors (Lipinski definition) is 3. The van der Waals surface area contributed by atoms with Gasteiger partial charge in [-0.3, -0.25) is 9.52 Å². The minimum absolute atomic E-state index is 0.0123. The summed E-state index contributed by atoms with van der Waals surface area (Å²) >= 11 is 0. The zero-order valence-corrected chi connectivity index (χ0v) is 15.8. The zero-order chi connectivity index (χ0) is 20.9. The molecule has 0 heterocycles. The third-order valence-electron chi connectivity index (χ3n) is 3.83. The van der Waals surface area contributed by atoms with Crippen molar-refractivity contribution in [3.63, 3.8) is 0 Å². The Balaban J connectivity index is 1.63. The van der Waals surface area contributed by atoms with Crippen LogP contribution in [-0.4, -0.2) is 14.3 Å². The highest BCUT2D eigenvalue weighted by molar-refractivity contribution is 7.92. The Morgan fingerprint density at radius 3 is 1.86 bits per heavy atom. The van der Waals surface area contributed by atoms with Crippen LogP contribution in [0.1, 0.15) is 5.56 Å². The molecule has 0 unspecified atom stereocenters. The maximum Gasteiger partial charge on any atom is 0.261 e. The van der Waals surface area contributed by atoms with Crippen molar-refractivity contribution in [3.8, 4) is 0 Å². The highest BCUT2D eigenvalue weighted by Crippen LogP contribution is 2.18. The topological polar surface area (TPSA) is 75.3 Å². The van der Waals surface area contributed by atoms with Gasteiger partial charge in [-0.1, -0.05) is 12.1 Å². The monoisotopic (exact) mass is 414 g/mol. The third kappa shape index (κ3) is 5.73. The van der Waals surface area contributed by atoms with Gasteiger partial charge in [0.2, 0.25) is 5.91 Å². The van der Waals surface area contributed by atoms with Gasteiger partial charge in [0.1, 0.15) is 11.6 Å². The lowest BCUT2D eigenvalue weighted by atomic mass is 10.2. The van der Waals surface area contributed by atoms with Gasteiger partial charge in [0.15, 0.2) is 0 Å². The van der Waals surface area contributed by atoms with Gasteiger partial charge in [-0.25, -0.2) is 17.2 Å². The van der Waals surface area contributed by atoms with E-state index in [9.17, 15) is 22.0 Å². The van der Waals surface area contributed by atoms with E-state index in [4.69, 9.17) is 0 Å². The van der Waals surface area contributed by atoms with E-state index in [-0.39, 0.29) is 16.4 Å². The number of carbonyl (C=O) groups excluding carboxylic acids is 1. The van der Waals surface area contributed by atoms with Crippen molar-refractivity contribution in [1.29, 1.82) is 0 Å². The lowest BCUT2D eigenvalue weighted by Gasteiger charge is -2.09. The normalized spacial score (nSPS) is 11.4. The summed E-state index contributed by atoms with van der Waals surface area (Å²) in [7, 11) is -3.85. The predicted molar refractivity (Wildman–Crippen MR) is 108 cm³/mol. The van der Waals surface area contributed by atoms with Crippen LogP contribution in [0.25, 0.3) is 6.08 Å². The van der Waals surface area contributed by atoms with E-state index in [2.05, 4.69) is 10.0 Å². The summed E-state index contributed by atoms with van der Waals surface area (Å²) in [4.78, 5) is 12.0. The van der Waals surface area contributed by atoms with Crippen LogP contribution in [0.15, 0.2) is 83.8 Å². The molecule has 2 N–H and O–H groups in total. The van der Waals surface area contributed by atoms with Crippen molar-refractivity contribution in [2.24, 2.45) is 0 Å². The fourth-order valence-electron chi connectivity index (χ4n) is 2.38. The Bertz CT molecular complexity index is 1130. The third-order valence-corrected chi connectivity index (χ3v) is 5.22. The number of rotatable bonds is 6. The minimum atomic E-state index is -3.85. The van der Waals surface area contributed by atoms with Crippen LogP contribution in [0.3, 0.4) is 0 Å². The van der Waals surface area contributed by atoms with Crippen LogP contribution in [0.4, 0.5) is 20.2 Å². The van der Waals surface area contributed by atoms with Gasteiger partial charge < -0.3 is 5.32 Å². The van der Waals surface area contributed by atoms with Crippen LogP contribution in [0, 0.1) is 11.6 Å². The van der Waals surface area contributed by atoms with Crippen LogP contribution in [0.5, 0.6) is 0 Å². The van der Waals surface area contributed by atoms with Crippen LogP contribution in [0.2, 0.25) is 0 Å². The van der Waals surface area contributed by atoms with Crippen LogP contribution < -0.4 is 10.0 Å². The van der Waals surface area contributed by atoms with Gasteiger partial charge in [-0.15, -0.1) is 0 Å². The minimum Gasteiger partial charge on any atom is -0.323 e. The molecule has 3 rings (SSSR count). The van der Waals surface area contributed by atoms with E-state index < -0.39 is 21.7 Å². The number of anilines is 2. The molecule has 29 heavy (non-hydrogen) atoms. The predicted octanol–water partition coefficient (Wildman–Crippen LogP) is 4.42. The van der Waals surface area contributed by atoms with Crippen molar-refractivity contribution in [3.05, 3.63) is 96.1 Å². The van der Waals surface area contributed by atoms with Crippen LogP contribution in [-0.2, 0) is 14.8 Å². The van der Waals surface area contributed by atoms with E-state index in [1.807, 2.05) is 0 Å².